The zero-order valence-electron chi connectivity index (χ0n) is 12.2. The highest BCUT2D eigenvalue weighted by Gasteiger charge is 2.09. The van der Waals surface area contributed by atoms with Crippen LogP contribution >= 0.6 is 0 Å². The first-order chi connectivity index (χ1) is 9.18. The third-order valence-electron chi connectivity index (χ3n) is 3.41. The van der Waals surface area contributed by atoms with Crippen molar-refractivity contribution in [2.45, 2.75) is 26.3 Å². The highest BCUT2D eigenvalue weighted by Crippen LogP contribution is 2.24. The molecule has 1 N–H and O–H groups in total. The zero-order chi connectivity index (χ0) is 13.7. The molecular weight excluding hydrogens is 236 g/mol. The summed E-state index contributed by atoms with van der Waals surface area (Å²) in [7, 11) is 4.24. The van der Waals surface area contributed by atoms with Crippen LogP contribution in [0.3, 0.4) is 0 Å². The normalized spacial score (nSPS) is 11.6. The lowest BCUT2D eigenvalue weighted by Gasteiger charge is -2.09. The number of hydrogen-bond donors (Lipinski definition) is 1. The average molecular weight is 260 g/mol. The maximum atomic E-state index is 5.76. The molecule has 0 aliphatic rings. The third-order valence-corrected chi connectivity index (χ3v) is 3.41. The molecule has 0 saturated heterocycles. The van der Waals surface area contributed by atoms with Crippen LogP contribution in [0.4, 0.5) is 0 Å². The van der Waals surface area contributed by atoms with E-state index in [1.807, 2.05) is 19.1 Å². The van der Waals surface area contributed by atoms with Gasteiger partial charge in [-0.25, -0.2) is 0 Å². The van der Waals surface area contributed by atoms with Crippen molar-refractivity contribution in [1.29, 1.82) is 0 Å². The molecule has 1 aromatic heterocycles. The first-order valence-corrected chi connectivity index (χ1v) is 7.01. The van der Waals surface area contributed by atoms with Crippen molar-refractivity contribution in [3.8, 4) is 0 Å². The molecule has 0 spiro atoms. The average Bonchev–Trinajstić information content (AvgIpc) is 2.69. The predicted molar refractivity (Wildman–Crippen MR) is 80.4 cm³/mol. The summed E-state index contributed by atoms with van der Waals surface area (Å²) in [6.45, 7) is 5.16. The van der Waals surface area contributed by atoms with Gasteiger partial charge in [-0.15, -0.1) is 0 Å². The van der Waals surface area contributed by atoms with E-state index in [0.29, 0.717) is 0 Å². The van der Waals surface area contributed by atoms with Crippen LogP contribution in [0.15, 0.2) is 28.7 Å². The van der Waals surface area contributed by atoms with Gasteiger partial charge >= 0.3 is 0 Å². The van der Waals surface area contributed by atoms with Crippen LogP contribution in [-0.4, -0.2) is 32.1 Å². The quantitative estimate of drug-likeness (QED) is 0.775. The minimum atomic E-state index is 0.894. The molecule has 0 bridgehead atoms. The van der Waals surface area contributed by atoms with Gasteiger partial charge in [0.1, 0.15) is 11.3 Å². The van der Waals surface area contributed by atoms with Crippen LogP contribution in [0.25, 0.3) is 11.0 Å². The number of hydrogen-bond acceptors (Lipinski definition) is 3. The Morgan fingerprint density at radius 3 is 2.74 bits per heavy atom. The largest absolute Gasteiger partial charge is 0.461 e. The van der Waals surface area contributed by atoms with Gasteiger partial charge in [-0.2, -0.15) is 0 Å². The number of rotatable bonds is 7. The molecule has 0 radical (unpaired) electrons. The summed E-state index contributed by atoms with van der Waals surface area (Å²) in [5.74, 6) is 1.03. The Labute approximate surface area is 115 Å². The predicted octanol–water partition coefficient (Wildman–Crippen LogP) is 3.17. The summed E-state index contributed by atoms with van der Waals surface area (Å²) < 4.78 is 5.76. The number of aryl methyl sites for hydroxylation is 1. The molecule has 2 aromatic rings. The molecule has 0 aliphatic carbocycles. The molecule has 1 heterocycles. The van der Waals surface area contributed by atoms with Crippen LogP contribution < -0.4 is 5.32 Å². The molecule has 0 fully saturated rings. The minimum Gasteiger partial charge on any atom is -0.461 e. The Balaban J connectivity index is 1.83. The van der Waals surface area contributed by atoms with Crippen LogP contribution in [0.1, 0.15) is 24.2 Å². The number of benzene rings is 1. The van der Waals surface area contributed by atoms with E-state index in [1.54, 1.807) is 0 Å². The van der Waals surface area contributed by atoms with E-state index in [1.165, 1.54) is 23.8 Å². The van der Waals surface area contributed by atoms with Crippen molar-refractivity contribution in [3.05, 3.63) is 35.6 Å². The number of unbranched alkanes of at least 4 members (excludes halogenated alkanes) is 1. The molecule has 19 heavy (non-hydrogen) atoms. The van der Waals surface area contributed by atoms with Crippen molar-refractivity contribution < 1.29 is 4.42 Å². The highest BCUT2D eigenvalue weighted by molar-refractivity contribution is 5.82. The monoisotopic (exact) mass is 260 g/mol. The van der Waals surface area contributed by atoms with Gasteiger partial charge in [0.05, 0.1) is 0 Å². The number of nitrogens with one attached hydrogen (secondary N) is 1. The molecule has 0 saturated carbocycles. The minimum absolute atomic E-state index is 0.894. The molecule has 0 aliphatic heterocycles. The molecule has 0 amide bonds. The molecule has 0 unspecified atom stereocenters. The number of para-hydroxylation sites is 1. The molecule has 3 heteroatoms. The third kappa shape index (κ3) is 3.82. The molecular formula is C16H24N2O. The van der Waals surface area contributed by atoms with Gasteiger partial charge in [-0.05, 0) is 53.0 Å². The van der Waals surface area contributed by atoms with Crippen molar-refractivity contribution in [1.82, 2.24) is 10.2 Å². The van der Waals surface area contributed by atoms with Crippen molar-refractivity contribution in [3.63, 3.8) is 0 Å². The SMILES string of the molecule is Cc1oc2ccccc2c1CNCCCCN(C)C. The Hall–Kier alpha value is -1.32. The summed E-state index contributed by atoms with van der Waals surface area (Å²) in [5.41, 5.74) is 2.28. The van der Waals surface area contributed by atoms with Crippen molar-refractivity contribution in [2.75, 3.05) is 27.2 Å². The summed E-state index contributed by atoms with van der Waals surface area (Å²) in [6.07, 6.45) is 2.46. The van der Waals surface area contributed by atoms with E-state index < -0.39 is 0 Å². The fourth-order valence-corrected chi connectivity index (χ4v) is 2.33. The molecule has 0 atom stereocenters. The lowest BCUT2D eigenvalue weighted by molar-refractivity contribution is 0.391. The second-order valence-electron chi connectivity index (χ2n) is 5.32. The van der Waals surface area contributed by atoms with Gasteiger partial charge in [0, 0.05) is 17.5 Å². The Bertz CT molecular complexity index is 516. The number of fused-ring (bicyclic) bond motifs is 1. The lowest BCUT2D eigenvalue weighted by Crippen LogP contribution is -2.18. The smallest absolute Gasteiger partial charge is 0.134 e. The fraction of sp³-hybridized carbons (Fsp3) is 0.500. The highest BCUT2D eigenvalue weighted by atomic mass is 16.3. The van der Waals surface area contributed by atoms with Crippen molar-refractivity contribution in [2.24, 2.45) is 0 Å². The van der Waals surface area contributed by atoms with Crippen molar-refractivity contribution >= 4 is 11.0 Å². The van der Waals surface area contributed by atoms with E-state index in [-0.39, 0.29) is 0 Å². The van der Waals surface area contributed by atoms with Crippen LogP contribution in [-0.2, 0) is 6.54 Å². The van der Waals surface area contributed by atoms with E-state index in [2.05, 4.69) is 36.4 Å². The van der Waals surface area contributed by atoms with E-state index in [9.17, 15) is 0 Å². The fourth-order valence-electron chi connectivity index (χ4n) is 2.33. The first kappa shape index (κ1) is 14.1. The number of furan rings is 1. The second-order valence-corrected chi connectivity index (χ2v) is 5.32. The van der Waals surface area contributed by atoms with Gasteiger partial charge in [-0.1, -0.05) is 18.2 Å². The standard InChI is InChI=1S/C16H24N2O/c1-13-15(12-17-10-6-7-11-18(2)3)14-8-4-5-9-16(14)19-13/h4-5,8-9,17H,6-7,10-12H2,1-3H3. The Kier molecular flexibility index (Phi) is 5.00. The van der Waals surface area contributed by atoms with Gasteiger partial charge in [0.2, 0.25) is 0 Å². The summed E-state index contributed by atoms with van der Waals surface area (Å²) in [6, 6.07) is 8.25. The van der Waals surface area contributed by atoms with Crippen LogP contribution in [0.2, 0.25) is 0 Å². The van der Waals surface area contributed by atoms with Gasteiger partial charge in [0.25, 0.3) is 0 Å². The maximum absolute atomic E-state index is 5.76. The Morgan fingerprint density at radius 1 is 1.16 bits per heavy atom. The maximum Gasteiger partial charge on any atom is 0.134 e. The number of nitrogens with zero attached hydrogens (tertiary/aromatic N) is 1. The van der Waals surface area contributed by atoms with Gasteiger partial charge in [0.15, 0.2) is 0 Å². The molecule has 2 rings (SSSR count). The Morgan fingerprint density at radius 2 is 1.95 bits per heavy atom. The topological polar surface area (TPSA) is 28.4 Å². The molecule has 104 valence electrons. The second kappa shape index (κ2) is 6.73. The lowest BCUT2D eigenvalue weighted by atomic mass is 10.1. The first-order valence-electron chi connectivity index (χ1n) is 7.01. The zero-order valence-corrected chi connectivity index (χ0v) is 12.2. The van der Waals surface area contributed by atoms with E-state index >= 15 is 0 Å². The van der Waals surface area contributed by atoms with Gasteiger partial charge < -0.3 is 14.6 Å². The van der Waals surface area contributed by atoms with E-state index in [4.69, 9.17) is 4.42 Å². The van der Waals surface area contributed by atoms with E-state index in [0.717, 1.165) is 31.0 Å². The van der Waals surface area contributed by atoms with Crippen LogP contribution in [0.5, 0.6) is 0 Å². The van der Waals surface area contributed by atoms with Crippen LogP contribution in [0, 0.1) is 6.92 Å². The van der Waals surface area contributed by atoms with Gasteiger partial charge in [-0.3, -0.25) is 0 Å². The molecule has 3 nitrogen and oxygen atoms in total. The summed E-state index contributed by atoms with van der Waals surface area (Å²) >= 11 is 0. The summed E-state index contributed by atoms with van der Waals surface area (Å²) in [5, 5.41) is 4.75. The molecule has 1 aromatic carbocycles. The summed E-state index contributed by atoms with van der Waals surface area (Å²) in [4.78, 5) is 2.23.